The fraction of sp³-hybridized carbons (Fsp3) is 1.00. The molecule has 0 bridgehead atoms. The van der Waals surface area contributed by atoms with Crippen LogP contribution in [0.4, 0.5) is 13.2 Å². The first-order chi connectivity index (χ1) is 6.38. The summed E-state index contributed by atoms with van der Waals surface area (Å²) in [5.41, 5.74) is 5.08. The van der Waals surface area contributed by atoms with E-state index in [0.717, 1.165) is 0 Å². The molecule has 2 nitrogen and oxygen atoms in total. The molecule has 5 heteroatoms. The second-order valence-electron chi connectivity index (χ2n) is 3.66. The van der Waals surface area contributed by atoms with Crippen molar-refractivity contribution in [2.45, 2.75) is 39.0 Å². The molecule has 0 aromatic rings. The van der Waals surface area contributed by atoms with Gasteiger partial charge in [0.05, 0.1) is 0 Å². The van der Waals surface area contributed by atoms with Crippen LogP contribution in [0.3, 0.4) is 0 Å². The van der Waals surface area contributed by atoms with Crippen LogP contribution in [0, 0.1) is 5.92 Å². The molecule has 0 aromatic heterocycles. The summed E-state index contributed by atoms with van der Waals surface area (Å²) in [7, 11) is 0. The van der Waals surface area contributed by atoms with Crippen molar-refractivity contribution in [1.29, 1.82) is 0 Å². The first-order valence-corrected chi connectivity index (χ1v) is 4.76. The summed E-state index contributed by atoms with van der Waals surface area (Å²) in [5, 5.41) is 0. The zero-order chi connectivity index (χ0) is 11.2. The van der Waals surface area contributed by atoms with E-state index < -0.39 is 12.3 Å². The summed E-state index contributed by atoms with van der Waals surface area (Å²) in [6, 6.07) is 0. The molecular weight excluding hydrogens is 195 g/mol. The summed E-state index contributed by atoms with van der Waals surface area (Å²) in [5.74, 6) is 0.349. The Balaban J connectivity index is 3.86. The molecule has 2 N–H and O–H groups in total. The van der Waals surface area contributed by atoms with Crippen molar-refractivity contribution in [3.63, 3.8) is 0 Å². The number of hydrogen-bond donors (Lipinski definition) is 1. The maximum absolute atomic E-state index is 12.3. The van der Waals surface area contributed by atoms with Gasteiger partial charge in [-0.25, -0.2) is 0 Å². The number of ether oxygens (including phenoxy) is 1. The first-order valence-electron chi connectivity index (χ1n) is 4.76. The minimum atomic E-state index is -4.30. The van der Waals surface area contributed by atoms with Crippen LogP contribution < -0.4 is 5.73 Å². The van der Waals surface area contributed by atoms with Crippen molar-refractivity contribution in [3.05, 3.63) is 0 Å². The van der Waals surface area contributed by atoms with E-state index in [2.05, 4.69) is 0 Å². The van der Waals surface area contributed by atoms with Gasteiger partial charge in [0.1, 0.15) is 0 Å². The van der Waals surface area contributed by atoms with Gasteiger partial charge in [-0.15, -0.1) is 0 Å². The standard InChI is InChI=1S/C9H18F3NO/c1-7(2)4-6-14-8(3-5-13)9(10,11)12/h7-8H,3-6,13H2,1-2H3. The van der Waals surface area contributed by atoms with Gasteiger partial charge in [0.25, 0.3) is 0 Å². The summed E-state index contributed by atoms with van der Waals surface area (Å²) in [4.78, 5) is 0. The van der Waals surface area contributed by atoms with Crippen LogP contribution >= 0.6 is 0 Å². The molecule has 0 amide bonds. The predicted octanol–water partition coefficient (Wildman–Crippen LogP) is 2.33. The second kappa shape index (κ2) is 6.24. The van der Waals surface area contributed by atoms with Gasteiger partial charge in [-0.1, -0.05) is 13.8 Å². The van der Waals surface area contributed by atoms with E-state index >= 15 is 0 Å². The van der Waals surface area contributed by atoms with Gasteiger partial charge in [0.15, 0.2) is 6.10 Å². The van der Waals surface area contributed by atoms with Crippen LogP contribution in [-0.4, -0.2) is 25.4 Å². The van der Waals surface area contributed by atoms with E-state index in [4.69, 9.17) is 10.5 Å². The third-order valence-electron chi connectivity index (χ3n) is 1.81. The Morgan fingerprint density at radius 3 is 2.14 bits per heavy atom. The molecule has 0 aromatic carbocycles. The Morgan fingerprint density at radius 1 is 1.21 bits per heavy atom. The Hall–Kier alpha value is -0.290. The molecule has 0 saturated heterocycles. The third kappa shape index (κ3) is 6.21. The van der Waals surface area contributed by atoms with Gasteiger partial charge >= 0.3 is 6.18 Å². The summed E-state index contributed by atoms with van der Waals surface area (Å²) in [6.45, 7) is 4.01. The molecular formula is C9H18F3NO. The monoisotopic (exact) mass is 213 g/mol. The van der Waals surface area contributed by atoms with Crippen molar-refractivity contribution in [1.82, 2.24) is 0 Å². The Kier molecular flexibility index (Phi) is 6.11. The van der Waals surface area contributed by atoms with Crippen molar-refractivity contribution >= 4 is 0 Å². The van der Waals surface area contributed by atoms with E-state index in [1.54, 1.807) is 0 Å². The average molecular weight is 213 g/mol. The lowest BCUT2D eigenvalue weighted by molar-refractivity contribution is -0.222. The summed E-state index contributed by atoms with van der Waals surface area (Å²) in [6.07, 6.45) is -5.53. The molecule has 0 aliphatic heterocycles. The van der Waals surface area contributed by atoms with Crippen LogP contribution in [0.1, 0.15) is 26.7 Å². The van der Waals surface area contributed by atoms with Crippen LogP contribution in [0.15, 0.2) is 0 Å². The van der Waals surface area contributed by atoms with Gasteiger partial charge in [-0.05, 0) is 25.3 Å². The van der Waals surface area contributed by atoms with Crippen LogP contribution in [0.25, 0.3) is 0 Å². The largest absolute Gasteiger partial charge is 0.414 e. The molecule has 14 heavy (non-hydrogen) atoms. The molecule has 0 saturated carbocycles. The summed E-state index contributed by atoms with van der Waals surface area (Å²) >= 11 is 0. The predicted molar refractivity (Wildman–Crippen MR) is 48.9 cm³/mol. The molecule has 86 valence electrons. The number of nitrogens with two attached hydrogens (primary N) is 1. The zero-order valence-electron chi connectivity index (χ0n) is 8.60. The van der Waals surface area contributed by atoms with Crippen molar-refractivity contribution in [2.75, 3.05) is 13.2 Å². The first kappa shape index (κ1) is 13.7. The van der Waals surface area contributed by atoms with Gasteiger partial charge in [-0.2, -0.15) is 13.2 Å². The lowest BCUT2D eigenvalue weighted by Crippen LogP contribution is -2.34. The fourth-order valence-corrected chi connectivity index (χ4v) is 0.939. The number of hydrogen-bond acceptors (Lipinski definition) is 2. The van der Waals surface area contributed by atoms with Gasteiger partial charge < -0.3 is 10.5 Å². The van der Waals surface area contributed by atoms with Crippen molar-refractivity contribution in [3.8, 4) is 0 Å². The molecule has 0 fully saturated rings. The maximum atomic E-state index is 12.3. The Bertz CT molecular complexity index is 147. The smallest absolute Gasteiger partial charge is 0.369 e. The van der Waals surface area contributed by atoms with E-state index in [0.29, 0.717) is 12.3 Å². The Labute approximate surface area is 82.6 Å². The van der Waals surface area contributed by atoms with Crippen molar-refractivity contribution in [2.24, 2.45) is 11.7 Å². The molecule has 0 heterocycles. The molecule has 0 aliphatic rings. The normalized spacial score (nSPS) is 14.8. The van der Waals surface area contributed by atoms with Gasteiger partial charge in [-0.3, -0.25) is 0 Å². The van der Waals surface area contributed by atoms with E-state index in [9.17, 15) is 13.2 Å². The topological polar surface area (TPSA) is 35.2 Å². The molecule has 0 aliphatic carbocycles. The highest BCUT2D eigenvalue weighted by Crippen LogP contribution is 2.25. The SMILES string of the molecule is CC(C)CCOC(CCN)C(F)(F)F. The molecule has 0 radical (unpaired) electrons. The number of alkyl halides is 3. The molecule has 0 rings (SSSR count). The van der Waals surface area contributed by atoms with E-state index in [1.807, 2.05) is 13.8 Å². The van der Waals surface area contributed by atoms with Crippen LogP contribution in [-0.2, 0) is 4.74 Å². The maximum Gasteiger partial charge on any atom is 0.414 e. The number of rotatable bonds is 6. The van der Waals surface area contributed by atoms with Crippen LogP contribution in [0.2, 0.25) is 0 Å². The molecule has 0 spiro atoms. The Morgan fingerprint density at radius 2 is 1.79 bits per heavy atom. The minimum Gasteiger partial charge on any atom is -0.369 e. The van der Waals surface area contributed by atoms with Crippen LogP contribution in [0.5, 0.6) is 0 Å². The highest BCUT2D eigenvalue weighted by molar-refractivity contribution is 4.68. The molecule has 1 atom stereocenters. The van der Waals surface area contributed by atoms with Gasteiger partial charge in [0, 0.05) is 6.61 Å². The fourth-order valence-electron chi connectivity index (χ4n) is 0.939. The number of halogens is 3. The zero-order valence-corrected chi connectivity index (χ0v) is 8.60. The molecule has 1 unspecified atom stereocenters. The summed E-state index contributed by atoms with van der Waals surface area (Å²) < 4.78 is 41.5. The lowest BCUT2D eigenvalue weighted by atomic mass is 10.1. The average Bonchev–Trinajstić information content (AvgIpc) is 2.00. The van der Waals surface area contributed by atoms with E-state index in [-0.39, 0.29) is 19.6 Å². The van der Waals surface area contributed by atoms with E-state index in [1.165, 1.54) is 0 Å². The third-order valence-corrected chi connectivity index (χ3v) is 1.81. The van der Waals surface area contributed by atoms with Crippen molar-refractivity contribution < 1.29 is 17.9 Å². The quantitative estimate of drug-likeness (QED) is 0.735. The highest BCUT2D eigenvalue weighted by Gasteiger charge is 2.39. The highest BCUT2D eigenvalue weighted by atomic mass is 19.4. The van der Waals surface area contributed by atoms with Gasteiger partial charge in [0.2, 0.25) is 0 Å². The second-order valence-corrected chi connectivity index (χ2v) is 3.66. The lowest BCUT2D eigenvalue weighted by Gasteiger charge is -2.20. The minimum absolute atomic E-state index is 0.00808.